The fourth-order valence-electron chi connectivity index (χ4n) is 2.88. The van der Waals surface area contributed by atoms with E-state index in [0.29, 0.717) is 11.3 Å². The van der Waals surface area contributed by atoms with E-state index >= 15 is 0 Å². The van der Waals surface area contributed by atoms with Crippen molar-refractivity contribution in [1.82, 2.24) is 10.2 Å². The van der Waals surface area contributed by atoms with Crippen LogP contribution in [0.5, 0.6) is 5.75 Å². The lowest BCUT2D eigenvalue weighted by Gasteiger charge is -2.32. The summed E-state index contributed by atoms with van der Waals surface area (Å²) in [5.74, 6) is 1.49. The first-order valence-corrected chi connectivity index (χ1v) is 7.77. The fraction of sp³-hybridized carbons (Fsp3) is 0.588. The zero-order chi connectivity index (χ0) is 15.1. The van der Waals surface area contributed by atoms with Crippen LogP contribution in [0.4, 0.5) is 0 Å². The zero-order valence-corrected chi connectivity index (χ0v) is 14.3. The van der Waals surface area contributed by atoms with Crippen molar-refractivity contribution in [1.29, 1.82) is 5.26 Å². The summed E-state index contributed by atoms with van der Waals surface area (Å²) in [5, 5.41) is 12.5. The topological polar surface area (TPSA) is 48.3 Å². The summed E-state index contributed by atoms with van der Waals surface area (Å²) in [6.07, 6.45) is 2.53. The summed E-state index contributed by atoms with van der Waals surface area (Å²) in [7, 11) is 1.62. The van der Waals surface area contributed by atoms with Crippen molar-refractivity contribution in [2.75, 3.05) is 33.3 Å². The summed E-state index contributed by atoms with van der Waals surface area (Å²) in [6.45, 7) is 7.61. The summed E-state index contributed by atoms with van der Waals surface area (Å²) in [4.78, 5) is 2.49. The van der Waals surface area contributed by atoms with E-state index in [4.69, 9.17) is 10.00 Å². The maximum absolute atomic E-state index is 9.02. The van der Waals surface area contributed by atoms with E-state index < -0.39 is 0 Å². The Kier molecular flexibility index (Phi) is 8.26. The Morgan fingerprint density at radius 2 is 2.09 bits per heavy atom. The largest absolute Gasteiger partial charge is 0.495 e. The van der Waals surface area contributed by atoms with E-state index in [2.05, 4.69) is 23.2 Å². The molecular weight excluding hydrogens is 298 g/mol. The second kappa shape index (κ2) is 9.68. The van der Waals surface area contributed by atoms with Gasteiger partial charge in [0, 0.05) is 6.54 Å². The number of rotatable bonds is 6. The van der Waals surface area contributed by atoms with E-state index in [1.54, 1.807) is 7.11 Å². The van der Waals surface area contributed by atoms with Gasteiger partial charge < -0.3 is 10.1 Å². The van der Waals surface area contributed by atoms with Crippen molar-refractivity contribution in [3.05, 3.63) is 29.3 Å². The maximum atomic E-state index is 9.02. The number of methoxy groups -OCH3 is 1. The van der Waals surface area contributed by atoms with Gasteiger partial charge in [-0.2, -0.15) is 5.26 Å². The second-order valence-electron chi connectivity index (χ2n) is 5.67. The lowest BCUT2D eigenvalue weighted by atomic mass is 9.96. The highest BCUT2D eigenvalue weighted by Crippen LogP contribution is 2.22. The number of ether oxygens (including phenoxy) is 1. The first-order chi connectivity index (χ1) is 10.3. The van der Waals surface area contributed by atoms with Gasteiger partial charge in [0.05, 0.1) is 12.7 Å². The summed E-state index contributed by atoms with van der Waals surface area (Å²) in [5.41, 5.74) is 1.82. The molecule has 0 aromatic heterocycles. The number of nitriles is 1. The van der Waals surface area contributed by atoms with Crippen molar-refractivity contribution in [3.8, 4) is 11.8 Å². The van der Waals surface area contributed by atoms with Gasteiger partial charge in [0.25, 0.3) is 0 Å². The van der Waals surface area contributed by atoms with Gasteiger partial charge in [-0.05, 0) is 62.6 Å². The number of benzene rings is 1. The van der Waals surface area contributed by atoms with Gasteiger partial charge in [-0.25, -0.2) is 0 Å². The van der Waals surface area contributed by atoms with Gasteiger partial charge in [-0.1, -0.05) is 13.0 Å². The fourth-order valence-corrected chi connectivity index (χ4v) is 2.88. The molecule has 0 aliphatic carbocycles. The van der Waals surface area contributed by atoms with Gasteiger partial charge in [-0.3, -0.25) is 4.90 Å². The normalized spacial score (nSPS) is 15.9. The predicted molar refractivity (Wildman–Crippen MR) is 91.5 cm³/mol. The SMILES string of the molecule is CCNCC1CCN(Cc2ccc(C#N)c(OC)c2)CC1.Cl. The molecule has 22 heavy (non-hydrogen) atoms. The molecule has 0 radical (unpaired) electrons. The number of nitrogens with zero attached hydrogens (tertiary/aromatic N) is 2. The van der Waals surface area contributed by atoms with Gasteiger partial charge >= 0.3 is 0 Å². The first-order valence-electron chi connectivity index (χ1n) is 7.77. The summed E-state index contributed by atoms with van der Waals surface area (Å²) in [6, 6.07) is 8.03. The average Bonchev–Trinajstić information content (AvgIpc) is 2.54. The third-order valence-electron chi connectivity index (χ3n) is 4.18. The molecule has 1 fully saturated rings. The molecule has 1 aliphatic heterocycles. The minimum atomic E-state index is 0. The van der Waals surface area contributed by atoms with Crippen LogP contribution in [0.3, 0.4) is 0 Å². The van der Waals surface area contributed by atoms with Crippen molar-refractivity contribution in [3.63, 3.8) is 0 Å². The lowest BCUT2D eigenvalue weighted by Crippen LogP contribution is -2.36. The molecule has 0 spiro atoms. The zero-order valence-electron chi connectivity index (χ0n) is 13.5. The molecule has 122 valence electrons. The molecule has 1 aromatic rings. The first kappa shape index (κ1) is 18.8. The predicted octanol–water partition coefficient (Wildman–Crippen LogP) is 2.81. The molecule has 1 heterocycles. The van der Waals surface area contributed by atoms with Crippen LogP contribution in [0.15, 0.2) is 18.2 Å². The van der Waals surface area contributed by atoms with Crippen molar-refractivity contribution >= 4 is 12.4 Å². The molecule has 0 amide bonds. The van der Waals surface area contributed by atoms with E-state index in [0.717, 1.165) is 38.6 Å². The van der Waals surface area contributed by atoms with Gasteiger partial charge in [0.1, 0.15) is 11.8 Å². The molecule has 0 bridgehead atoms. The van der Waals surface area contributed by atoms with Crippen LogP contribution < -0.4 is 10.1 Å². The molecule has 1 aliphatic rings. The molecule has 5 heteroatoms. The Bertz CT molecular complexity index is 493. The number of piperidine rings is 1. The van der Waals surface area contributed by atoms with Crippen LogP contribution in [0, 0.1) is 17.2 Å². The van der Waals surface area contributed by atoms with Crippen LogP contribution in [-0.4, -0.2) is 38.2 Å². The molecule has 1 aromatic carbocycles. The van der Waals surface area contributed by atoms with Crippen molar-refractivity contribution < 1.29 is 4.74 Å². The van der Waals surface area contributed by atoms with Crippen LogP contribution in [0.2, 0.25) is 0 Å². The lowest BCUT2D eigenvalue weighted by molar-refractivity contribution is 0.175. The highest BCUT2D eigenvalue weighted by molar-refractivity contribution is 5.85. The van der Waals surface area contributed by atoms with Gasteiger partial charge in [0.2, 0.25) is 0 Å². The molecule has 0 atom stereocenters. The van der Waals surface area contributed by atoms with E-state index in [9.17, 15) is 0 Å². The molecule has 1 N–H and O–H groups in total. The van der Waals surface area contributed by atoms with E-state index in [1.165, 1.54) is 18.4 Å². The summed E-state index contributed by atoms with van der Waals surface area (Å²) >= 11 is 0. The van der Waals surface area contributed by atoms with E-state index in [-0.39, 0.29) is 12.4 Å². The number of hydrogen-bond donors (Lipinski definition) is 1. The van der Waals surface area contributed by atoms with Crippen LogP contribution in [0.25, 0.3) is 0 Å². The Morgan fingerprint density at radius 3 is 2.68 bits per heavy atom. The number of hydrogen-bond acceptors (Lipinski definition) is 4. The molecule has 4 nitrogen and oxygen atoms in total. The molecule has 0 unspecified atom stereocenters. The highest BCUT2D eigenvalue weighted by atomic mass is 35.5. The Hall–Kier alpha value is -1.28. The number of likely N-dealkylation sites (tertiary alicyclic amines) is 1. The van der Waals surface area contributed by atoms with Crippen LogP contribution in [-0.2, 0) is 6.54 Å². The average molecular weight is 324 g/mol. The Labute approximate surface area is 139 Å². The van der Waals surface area contributed by atoms with Crippen molar-refractivity contribution in [2.24, 2.45) is 5.92 Å². The summed E-state index contributed by atoms with van der Waals surface area (Å²) < 4.78 is 5.28. The number of halogens is 1. The highest BCUT2D eigenvalue weighted by Gasteiger charge is 2.19. The smallest absolute Gasteiger partial charge is 0.136 e. The van der Waals surface area contributed by atoms with Crippen LogP contribution >= 0.6 is 12.4 Å². The number of nitrogens with one attached hydrogen (secondary N) is 1. The molecule has 0 saturated carbocycles. The maximum Gasteiger partial charge on any atom is 0.136 e. The quantitative estimate of drug-likeness (QED) is 0.874. The minimum Gasteiger partial charge on any atom is -0.495 e. The minimum absolute atomic E-state index is 0. The molecule has 1 saturated heterocycles. The Balaban J connectivity index is 0.00000242. The van der Waals surface area contributed by atoms with Gasteiger partial charge in [0.15, 0.2) is 0 Å². The third-order valence-corrected chi connectivity index (χ3v) is 4.18. The third kappa shape index (κ3) is 5.17. The Morgan fingerprint density at radius 1 is 1.36 bits per heavy atom. The van der Waals surface area contributed by atoms with Crippen molar-refractivity contribution in [2.45, 2.75) is 26.3 Å². The monoisotopic (exact) mass is 323 g/mol. The van der Waals surface area contributed by atoms with E-state index in [1.807, 2.05) is 18.2 Å². The molecule has 2 rings (SSSR count). The second-order valence-corrected chi connectivity index (χ2v) is 5.67. The van der Waals surface area contributed by atoms with Gasteiger partial charge in [-0.15, -0.1) is 12.4 Å². The molecular formula is C17H26ClN3O. The van der Waals surface area contributed by atoms with Crippen LogP contribution in [0.1, 0.15) is 30.9 Å². The standard InChI is InChI=1S/C17H25N3O.ClH/c1-3-19-12-14-6-8-20(9-7-14)13-15-4-5-16(11-18)17(10-15)21-2;/h4-5,10,14,19H,3,6-9,12-13H2,1-2H3;1H.